The summed E-state index contributed by atoms with van der Waals surface area (Å²) >= 11 is 0. The van der Waals surface area contributed by atoms with E-state index in [4.69, 9.17) is 19.5 Å². The van der Waals surface area contributed by atoms with Crippen LogP contribution in [0.25, 0.3) is 0 Å². The van der Waals surface area contributed by atoms with Gasteiger partial charge in [0, 0.05) is 6.07 Å². The van der Waals surface area contributed by atoms with Crippen LogP contribution >= 0.6 is 7.82 Å². The number of phosphoric acid groups is 1. The van der Waals surface area contributed by atoms with Gasteiger partial charge in [0.25, 0.3) is 12.1 Å². The first kappa shape index (κ1) is 22.5. The minimum Gasteiger partial charge on any atom is -0.387 e. The topological polar surface area (TPSA) is 152 Å². The van der Waals surface area contributed by atoms with Crippen molar-refractivity contribution < 1.29 is 42.8 Å². The van der Waals surface area contributed by atoms with Gasteiger partial charge in [-0.2, -0.15) is 4.57 Å². The lowest BCUT2D eigenvalue weighted by Gasteiger charge is -2.16. The lowest BCUT2D eigenvalue weighted by molar-refractivity contribution is -0.765. The quantitative estimate of drug-likeness (QED) is 0.316. The summed E-state index contributed by atoms with van der Waals surface area (Å²) in [4.78, 5) is 21.2. The summed E-state index contributed by atoms with van der Waals surface area (Å²) in [6.07, 6.45) is -1.55. The number of aliphatic hydroxyl groups is 2. The third kappa shape index (κ3) is 5.71. The van der Waals surface area contributed by atoms with Gasteiger partial charge in [-0.15, -0.1) is 0 Å². The van der Waals surface area contributed by atoms with Crippen LogP contribution in [-0.4, -0.2) is 52.5 Å². The highest BCUT2D eigenvalue weighted by atomic mass is 31.2. The fourth-order valence-corrected chi connectivity index (χ4v) is 3.77. The Morgan fingerprint density at radius 1 is 1.13 bits per heavy atom. The van der Waals surface area contributed by atoms with Crippen LogP contribution in [0.4, 0.5) is 0 Å². The first-order valence-corrected chi connectivity index (χ1v) is 10.7. The second-order valence-electron chi connectivity index (χ2n) is 6.78. The molecular formula is C19H24N2O8P+. The van der Waals surface area contributed by atoms with E-state index in [1.807, 2.05) is 30.3 Å². The molecule has 1 unspecified atom stereocenters. The van der Waals surface area contributed by atoms with Crippen molar-refractivity contribution in [2.24, 2.45) is 5.73 Å². The molecule has 0 spiro atoms. The lowest BCUT2D eigenvalue weighted by Crippen LogP contribution is -2.46. The molecule has 5 atom stereocenters. The molecule has 1 aromatic carbocycles. The monoisotopic (exact) mass is 439 g/mol. The number of hydrogen-bond donors (Lipinski definition) is 4. The van der Waals surface area contributed by atoms with Crippen LogP contribution in [0.1, 0.15) is 22.1 Å². The summed E-state index contributed by atoms with van der Waals surface area (Å²) < 4.78 is 28.9. The smallest absolute Gasteiger partial charge is 0.387 e. The summed E-state index contributed by atoms with van der Waals surface area (Å²) in [7, 11) is -4.38. The van der Waals surface area contributed by atoms with E-state index < -0.39 is 44.9 Å². The van der Waals surface area contributed by atoms with Gasteiger partial charge in [0.1, 0.15) is 17.8 Å². The second-order valence-corrected chi connectivity index (χ2v) is 8.24. The zero-order valence-electron chi connectivity index (χ0n) is 16.0. The fourth-order valence-electron chi connectivity index (χ4n) is 3.04. The van der Waals surface area contributed by atoms with E-state index in [1.165, 1.54) is 29.1 Å². The molecule has 1 fully saturated rings. The first-order chi connectivity index (χ1) is 14.3. The van der Waals surface area contributed by atoms with Gasteiger partial charge in [-0.25, -0.2) is 4.57 Å². The van der Waals surface area contributed by atoms with Gasteiger partial charge in [-0.05, 0) is 18.1 Å². The highest BCUT2D eigenvalue weighted by molar-refractivity contribution is 7.47. The average Bonchev–Trinajstić information content (AvgIpc) is 3.01. The van der Waals surface area contributed by atoms with Crippen molar-refractivity contribution in [1.29, 1.82) is 0 Å². The number of carbonyl (C=O) groups is 1. The van der Waals surface area contributed by atoms with E-state index in [2.05, 4.69) is 0 Å². The van der Waals surface area contributed by atoms with Crippen LogP contribution in [0, 0.1) is 0 Å². The van der Waals surface area contributed by atoms with Crippen molar-refractivity contribution in [2.45, 2.75) is 31.0 Å². The van der Waals surface area contributed by atoms with Crippen molar-refractivity contribution in [3.8, 4) is 0 Å². The Bertz CT molecular complexity index is 912. The van der Waals surface area contributed by atoms with Crippen molar-refractivity contribution in [3.63, 3.8) is 0 Å². The number of primary amides is 1. The summed E-state index contributed by atoms with van der Waals surface area (Å²) in [5, 5.41) is 20.5. The van der Waals surface area contributed by atoms with Crippen LogP contribution in [0.15, 0.2) is 54.9 Å². The van der Waals surface area contributed by atoms with Gasteiger partial charge in [0.05, 0.1) is 13.2 Å². The minimum absolute atomic E-state index is 0.0348. The molecule has 162 valence electrons. The summed E-state index contributed by atoms with van der Waals surface area (Å²) in [6, 6.07) is 12.3. The van der Waals surface area contributed by atoms with E-state index >= 15 is 0 Å². The Hall–Kier alpha value is -2.17. The molecule has 3 rings (SSSR count). The van der Waals surface area contributed by atoms with Gasteiger partial charge in [-0.1, -0.05) is 30.3 Å². The van der Waals surface area contributed by atoms with Gasteiger partial charge in [0.15, 0.2) is 18.5 Å². The zero-order valence-corrected chi connectivity index (χ0v) is 16.9. The maximum absolute atomic E-state index is 12.1. The number of ether oxygens (including phenoxy) is 1. The third-order valence-corrected chi connectivity index (χ3v) is 5.61. The molecule has 30 heavy (non-hydrogen) atoms. The maximum atomic E-state index is 12.1. The highest BCUT2D eigenvalue weighted by Gasteiger charge is 2.49. The Balaban J connectivity index is 1.54. The van der Waals surface area contributed by atoms with Crippen LogP contribution < -0.4 is 10.3 Å². The van der Waals surface area contributed by atoms with Crippen molar-refractivity contribution in [1.82, 2.24) is 0 Å². The number of benzene rings is 1. The van der Waals surface area contributed by atoms with Crippen LogP contribution in [0.5, 0.6) is 0 Å². The van der Waals surface area contributed by atoms with E-state index in [1.54, 1.807) is 0 Å². The summed E-state index contributed by atoms with van der Waals surface area (Å²) in [6.45, 7) is -0.517. The number of nitrogens with zero attached hydrogens (tertiary/aromatic N) is 1. The van der Waals surface area contributed by atoms with E-state index in [0.717, 1.165) is 5.56 Å². The first-order valence-electron chi connectivity index (χ1n) is 9.25. The number of pyridine rings is 1. The highest BCUT2D eigenvalue weighted by Crippen LogP contribution is 2.44. The number of hydrogen-bond acceptors (Lipinski definition) is 7. The summed E-state index contributed by atoms with van der Waals surface area (Å²) in [5.41, 5.74) is 6.37. The van der Waals surface area contributed by atoms with Gasteiger partial charge >= 0.3 is 7.82 Å². The van der Waals surface area contributed by atoms with Crippen LogP contribution in [0.3, 0.4) is 0 Å². The number of rotatable bonds is 9. The van der Waals surface area contributed by atoms with Crippen LogP contribution in [0.2, 0.25) is 0 Å². The van der Waals surface area contributed by atoms with Crippen molar-refractivity contribution in [2.75, 3.05) is 13.2 Å². The molecule has 1 aromatic heterocycles. The molecule has 0 saturated carbocycles. The summed E-state index contributed by atoms with van der Waals surface area (Å²) in [5.74, 6) is -0.661. The molecule has 1 aliphatic rings. The average molecular weight is 439 g/mol. The van der Waals surface area contributed by atoms with Gasteiger partial charge in [-0.3, -0.25) is 13.8 Å². The van der Waals surface area contributed by atoms with Crippen molar-refractivity contribution in [3.05, 3.63) is 66.0 Å². The Morgan fingerprint density at radius 3 is 2.57 bits per heavy atom. The Kier molecular flexibility index (Phi) is 7.32. The van der Waals surface area contributed by atoms with E-state index in [0.29, 0.717) is 6.42 Å². The Morgan fingerprint density at radius 2 is 1.87 bits per heavy atom. The molecule has 0 radical (unpaired) electrons. The largest absolute Gasteiger partial charge is 0.472 e. The SMILES string of the molecule is NC(=O)c1ccc[n+]([C@@H]2O[C@H](COP(=O)(O)OCCc3ccccc3)[C@@H](O)[C@H]2O)c1. The molecule has 2 aromatic rings. The number of phosphoric ester groups is 1. The molecule has 5 N–H and O–H groups in total. The maximum Gasteiger partial charge on any atom is 0.472 e. The van der Waals surface area contributed by atoms with Gasteiger partial charge < -0.3 is 25.6 Å². The lowest BCUT2D eigenvalue weighted by atomic mass is 10.1. The molecular weight excluding hydrogens is 415 g/mol. The standard InChI is InChI=1S/C19H23N2O8P/c20-18(24)14-7-4-9-21(11-14)19-17(23)16(22)15(29-19)12-28-30(25,26)27-10-8-13-5-2-1-3-6-13/h1-7,9,11,15-17,19,22-23H,8,10,12H2,(H2-,20,24,25,26)/p+1/t15-,16-,17-,19-/m1/s1. The van der Waals surface area contributed by atoms with Crippen LogP contribution in [-0.2, 0) is 24.8 Å². The number of aromatic nitrogens is 1. The molecule has 11 heteroatoms. The van der Waals surface area contributed by atoms with Crippen molar-refractivity contribution >= 4 is 13.7 Å². The predicted octanol–water partition coefficient (Wildman–Crippen LogP) is 0.0685. The number of nitrogens with two attached hydrogens (primary N) is 1. The number of aliphatic hydroxyl groups excluding tert-OH is 2. The normalized spacial score (nSPS) is 25.7. The molecule has 1 saturated heterocycles. The number of carbonyl (C=O) groups excluding carboxylic acids is 1. The third-order valence-electron chi connectivity index (χ3n) is 4.63. The van der Waals surface area contributed by atoms with E-state index in [9.17, 15) is 24.5 Å². The minimum atomic E-state index is -4.38. The van der Waals surface area contributed by atoms with Gasteiger partial charge in [0.2, 0.25) is 0 Å². The molecule has 0 aliphatic carbocycles. The number of amides is 1. The zero-order chi connectivity index (χ0) is 21.7. The second kappa shape index (κ2) is 9.76. The molecule has 1 amide bonds. The molecule has 2 heterocycles. The Labute approximate surface area is 173 Å². The molecule has 10 nitrogen and oxygen atoms in total. The van der Waals surface area contributed by atoms with E-state index in [-0.39, 0.29) is 12.2 Å². The molecule has 1 aliphatic heterocycles. The predicted molar refractivity (Wildman–Crippen MR) is 103 cm³/mol. The fraction of sp³-hybridized carbons (Fsp3) is 0.368. The molecule has 0 bridgehead atoms.